The van der Waals surface area contributed by atoms with Crippen molar-refractivity contribution in [3.63, 3.8) is 0 Å². The Bertz CT molecular complexity index is 998. The van der Waals surface area contributed by atoms with Gasteiger partial charge in [0.25, 0.3) is 5.91 Å². The molecule has 0 aliphatic rings. The number of aryl methyl sites for hydroxylation is 1. The summed E-state index contributed by atoms with van der Waals surface area (Å²) in [5.41, 5.74) is 4.91. The predicted molar refractivity (Wildman–Crippen MR) is 103 cm³/mol. The molecule has 7 nitrogen and oxygen atoms in total. The van der Waals surface area contributed by atoms with Crippen LogP contribution < -0.4 is 10.2 Å². The van der Waals surface area contributed by atoms with Crippen LogP contribution >= 0.6 is 15.9 Å². The van der Waals surface area contributed by atoms with Gasteiger partial charge in [-0.05, 0) is 52.7 Å². The lowest BCUT2D eigenvalue weighted by Gasteiger charge is -2.07. The molecule has 134 valence electrons. The van der Waals surface area contributed by atoms with E-state index >= 15 is 0 Å². The smallest absolute Gasteiger partial charge is 0.260 e. The van der Waals surface area contributed by atoms with Crippen molar-refractivity contribution in [2.45, 2.75) is 13.5 Å². The van der Waals surface area contributed by atoms with E-state index in [1.165, 1.54) is 13.3 Å². The maximum Gasteiger partial charge on any atom is 0.260 e. The molecule has 1 heterocycles. The number of methoxy groups -OCH3 is 1. The third-order valence-electron chi connectivity index (χ3n) is 3.82. The Morgan fingerprint density at radius 1 is 1.42 bits per heavy atom. The van der Waals surface area contributed by atoms with Crippen molar-refractivity contribution in [2.75, 3.05) is 7.11 Å². The van der Waals surface area contributed by atoms with Crippen LogP contribution in [0.3, 0.4) is 0 Å². The monoisotopic (exact) mass is 416 g/mol. The third kappa shape index (κ3) is 3.70. The van der Waals surface area contributed by atoms with Gasteiger partial charge < -0.3 is 14.4 Å². The lowest BCUT2D eigenvalue weighted by Crippen LogP contribution is -2.23. The van der Waals surface area contributed by atoms with E-state index in [0.29, 0.717) is 15.8 Å². The number of halogens is 1. The zero-order chi connectivity index (χ0) is 18.7. The normalized spacial score (nSPS) is 11.2. The van der Waals surface area contributed by atoms with Crippen molar-refractivity contribution in [1.82, 2.24) is 15.0 Å². The fourth-order valence-electron chi connectivity index (χ4n) is 2.58. The van der Waals surface area contributed by atoms with Gasteiger partial charge >= 0.3 is 0 Å². The highest BCUT2D eigenvalue weighted by molar-refractivity contribution is 9.10. The number of phenolic OH excluding ortho intramolecular Hbond substituents is 1. The summed E-state index contributed by atoms with van der Waals surface area (Å²) in [6.07, 6.45) is 1.48. The van der Waals surface area contributed by atoms with Crippen molar-refractivity contribution in [2.24, 2.45) is 5.10 Å². The number of carbonyl (C=O) groups excluding carboxylic acids is 1. The first-order chi connectivity index (χ1) is 12.5. The summed E-state index contributed by atoms with van der Waals surface area (Å²) in [5.74, 6) is 0.818. The van der Waals surface area contributed by atoms with Crippen LogP contribution in [0.15, 0.2) is 46.0 Å². The number of carbonyl (C=O) groups is 1. The molecule has 8 heteroatoms. The molecular formula is C18H17BrN4O3. The van der Waals surface area contributed by atoms with E-state index in [-0.39, 0.29) is 18.2 Å². The molecule has 0 atom stereocenters. The first-order valence-electron chi connectivity index (χ1n) is 7.80. The summed E-state index contributed by atoms with van der Waals surface area (Å²) in [5, 5.41) is 13.8. The minimum absolute atomic E-state index is 0.0103. The molecule has 1 aromatic heterocycles. The van der Waals surface area contributed by atoms with Gasteiger partial charge in [-0.25, -0.2) is 10.4 Å². The van der Waals surface area contributed by atoms with Gasteiger partial charge in [0.1, 0.15) is 12.4 Å². The average molecular weight is 417 g/mol. The minimum Gasteiger partial charge on any atom is -0.503 e. The van der Waals surface area contributed by atoms with E-state index in [0.717, 1.165) is 16.9 Å². The van der Waals surface area contributed by atoms with Crippen LogP contribution in [0.4, 0.5) is 0 Å². The Hall–Kier alpha value is -2.87. The van der Waals surface area contributed by atoms with Crippen LogP contribution in [0.2, 0.25) is 0 Å². The molecule has 3 aromatic rings. The standard InChI is InChI=1S/C18H17BrN4O3/c1-11-21-14-5-3-4-6-15(14)23(11)10-17(24)22-20-9-12-7-13(19)18(25)16(8-12)26-2/h3-9,25H,10H2,1-2H3,(H,22,24). The molecule has 0 aliphatic heterocycles. The number of hydrogen-bond donors (Lipinski definition) is 2. The van der Waals surface area contributed by atoms with Gasteiger partial charge in [-0.1, -0.05) is 12.1 Å². The number of hydrazone groups is 1. The van der Waals surface area contributed by atoms with Crippen LogP contribution in [0.5, 0.6) is 11.5 Å². The highest BCUT2D eigenvalue weighted by Crippen LogP contribution is 2.34. The summed E-state index contributed by atoms with van der Waals surface area (Å²) in [6.45, 7) is 1.98. The lowest BCUT2D eigenvalue weighted by atomic mass is 10.2. The van der Waals surface area contributed by atoms with Gasteiger partial charge in [-0.2, -0.15) is 5.10 Å². The molecule has 2 aromatic carbocycles. The molecule has 3 rings (SSSR count). The van der Waals surface area contributed by atoms with Gasteiger partial charge in [0.2, 0.25) is 0 Å². The number of benzene rings is 2. The maximum atomic E-state index is 12.2. The number of para-hydroxylation sites is 2. The van der Waals surface area contributed by atoms with Crippen molar-refractivity contribution in [1.29, 1.82) is 0 Å². The Morgan fingerprint density at radius 3 is 2.96 bits per heavy atom. The quantitative estimate of drug-likeness (QED) is 0.494. The van der Waals surface area contributed by atoms with Crippen molar-refractivity contribution in [3.05, 3.63) is 52.3 Å². The molecule has 0 unspecified atom stereocenters. The number of ether oxygens (including phenoxy) is 1. The molecule has 0 bridgehead atoms. The molecule has 26 heavy (non-hydrogen) atoms. The number of nitrogens with one attached hydrogen (secondary N) is 1. The van der Waals surface area contributed by atoms with Gasteiger partial charge in [0, 0.05) is 0 Å². The topological polar surface area (TPSA) is 88.7 Å². The molecule has 0 spiro atoms. The number of hydrogen-bond acceptors (Lipinski definition) is 5. The zero-order valence-corrected chi connectivity index (χ0v) is 15.8. The molecule has 1 amide bonds. The van der Waals surface area contributed by atoms with Gasteiger partial charge in [0.05, 0.1) is 28.8 Å². The third-order valence-corrected chi connectivity index (χ3v) is 4.43. The van der Waals surface area contributed by atoms with Gasteiger partial charge in [-0.15, -0.1) is 0 Å². The fraction of sp³-hybridized carbons (Fsp3) is 0.167. The number of aromatic nitrogens is 2. The number of imidazole rings is 1. The van der Waals surface area contributed by atoms with E-state index in [2.05, 4.69) is 31.4 Å². The van der Waals surface area contributed by atoms with Crippen LogP contribution in [0, 0.1) is 6.92 Å². The van der Waals surface area contributed by atoms with E-state index in [1.807, 2.05) is 35.8 Å². The first-order valence-corrected chi connectivity index (χ1v) is 8.59. The van der Waals surface area contributed by atoms with Gasteiger partial charge in [-0.3, -0.25) is 4.79 Å². The van der Waals surface area contributed by atoms with Crippen LogP contribution in [0.1, 0.15) is 11.4 Å². The summed E-state index contributed by atoms with van der Waals surface area (Å²) in [6, 6.07) is 10.9. The first kappa shape index (κ1) is 17.9. The van der Waals surface area contributed by atoms with E-state index < -0.39 is 0 Å². The predicted octanol–water partition coefficient (Wildman–Crippen LogP) is 2.97. The van der Waals surface area contributed by atoms with Crippen LogP contribution in [-0.2, 0) is 11.3 Å². The molecule has 0 fully saturated rings. The number of fused-ring (bicyclic) bond motifs is 1. The lowest BCUT2D eigenvalue weighted by molar-refractivity contribution is -0.121. The molecule has 2 N–H and O–H groups in total. The second-order valence-electron chi connectivity index (χ2n) is 5.58. The summed E-state index contributed by atoms with van der Waals surface area (Å²) >= 11 is 3.24. The van der Waals surface area contributed by atoms with E-state index in [4.69, 9.17) is 4.74 Å². The van der Waals surface area contributed by atoms with Crippen molar-refractivity contribution in [3.8, 4) is 11.5 Å². The summed E-state index contributed by atoms with van der Waals surface area (Å²) in [4.78, 5) is 16.6. The second kappa shape index (κ2) is 7.57. The van der Waals surface area contributed by atoms with Crippen LogP contribution in [0.25, 0.3) is 11.0 Å². The number of phenols is 1. The highest BCUT2D eigenvalue weighted by atomic mass is 79.9. The SMILES string of the molecule is COc1cc(C=NNC(=O)Cn2c(C)nc3ccccc32)cc(Br)c1O. The number of aromatic hydroxyl groups is 1. The highest BCUT2D eigenvalue weighted by Gasteiger charge is 2.10. The average Bonchev–Trinajstić information content (AvgIpc) is 2.93. The minimum atomic E-state index is -0.266. The van der Waals surface area contributed by atoms with Gasteiger partial charge in [0.15, 0.2) is 11.5 Å². The molecule has 0 aliphatic carbocycles. The Kier molecular flexibility index (Phi) is 5.22. The summed E-state index contributed by atoms with van der Waals surface area (Å²) < 4.78 is 7.39. The van der Waals surface area contributed by atoms with Crippen LogP contribution in [-0.4, -0.2) is 33.9 Å². The largest absolute Gasteiger partial charge is 0.503 e. The van der Waals surface area contributed by atoms with Crippen molar-refractivity contribution >= 4 is 39.1 Å². The molecule has 0 saturated heterocycles. The summed E-state index contributed by atoms with van der Waals surface area (Å²) in [7, 11) is 1.46. The molecular weight excluding hydrogens is 400 g/mol. The maximum absolute atomic E-state index is 12.2. The van der Waals surface area contributed by atoms with E-state index in [9.17, 15) is 9.90 Å². The number of amides is 1. The zero-order valence-electron chi connectivity index (χ0n) is 14.2. The van der Waals surface area contributed by atoms with E-state index in [1.54, 1.807) is 12.1 Å². The molecule has 0 radical (unpaired) electrons. The van der Waals surface area contributed by atoms with Crippen molar-refractivity contribution < 1.29 is 14.6 Å². The fourth-order valence-corrected chi connectivity index (χ4v) is 3.04. The Balaban J connectivity index is 1.70. The Labute approximate surface area is 158 Å². The molecule has 0 saturated carbocycles. The Morgan fingerprint density at radius 2 is 2.19 bits per heavy atom. The number of rotatable bonds is 5. The second-order valence-corrected chi connectivity index (χ2v) is 6.43. The number of nitrogens with zero attached hydrogens (tertiary/aromatic N) is 3.